The average Bonchev–Trinajstić information content (AvgIpc) is 3.31. The third-order valence-corrected chi connectivity index (χ3v) is 8.37. The zero-order valence-corrected chi connectivity index (χ0v) is 23.2. The van der Waals surface area contributed by atoms with Gasteiger partial charge in [-0.25, -0.2) is 19.4 Å². The number of nitrogens with zero attached hydrogens (tertiary/aromatic N) is 4. The predicted molar refractivity (Wildman–Crippen MR) is 139 cm³/mol. The van der Waals surface area contributed by atoms with E-state index in [0.29, 0.717) is 12.5 Å². The molecule has 1 N–H and O–H groups in total. The Kier molecular flexibility index (Phi) is 6.99. The maximum atomic E-state index is 12.5. The van der Waals surface area contributed by atoms with Gasteiger partial charge < -0.3 is 19.5 Å². The van der Waals surface area contributed by atoms with Gasteiger partial charge in [-0.3, -0.25) is 0 Å². The summed E-state index contributed by atoms with van der Waals surface area (Å²) in [6.07, 6.45) is 8.52. The Morgan fingerprint density at radius 2 is 2.00 bits per heavy atom. The van der Waals surface area contributed by atoms with Crippen LogP contribution in [0.3, 0.4) is 0 Å². The van der Waals surface area contributed by atoms with Crippen molar-refractivity contribution >= 4 is 39.8 Å². The Morgan fingerprint density at radius 3 is 2.69 bits per heavy atom. The number of ether oxygens (including phenoxy) is 3. The zero-order valence-electron chi connectivity index (χ0n) is 21.1. The van der Waals surface area contributed by atoms with Crippen LogP contribution in [0.5, 0.6) is 0 Å². The molecule has 1 unspecified atom stereocenters. The van der Waals surface area contributed by atoms with Crippen LogP contribution in [0.15, 0.2) is 6.20 Å². The SMILES string of the molecule is C[C@@H]1OCC2(CCC(c3cnc4c(I)nn(C5CCCCO5)c4n3)CC2)[C@@H]1NC(=O)OC(C)(C)C. The summed E-state index contributed by atoms with van der Waals surface area (Å²) < 4.78 is 20.4. The molecule has 1 aliphatic carbocycles. The molecule has 10 heteroatoms. The maximum Gasteiger partial charge on any atom is 0.407 e. The summed E-state index contributed by atoms with van der Waals surface area (Å²) in [7, 11) is 0. The van der Waals surface area contributed by atoms with E-state index in [1.807, 2.05) is 38.6 Å². The molecule has 0 aromatic carbocycles. The van der Waals surface area contributed by atoms with Crippen LogP contribution in [0, 0.1) is 9.12 Å². The third kappa shape index (κ3) is 5.16. The Labute approximate surface area is 220 Å². The van der Waals surface area contributed by atoms with E-state index in [1.54, 1.807) is 0 Å². The predicted octanol–water partition coefficient (Wildman–Crippen LogP) is 5.09. The van der Waals surface area contributed by atoms with E-state index in [0.717, 1.165) is 72.1 Å². The largest absolute Gasteiger partial charge is 0.444 e. The number of carbonyl (C=O) groups excluding carboxylic acids is 1. The van der Waals surface area contributed by atoms with Crippen molar-refractivity contribution in [1.82, 2.24) is 25.1 Å². The lowest BCUT2D eigenvalue weighted by Gasteiger charge is -2.41. The number of hydrogen-bond donors (Lipinski definition) is 1. The van der Waals surface area contributed by atoms with Gasteiger partial charge >= 0.3 is 6.09 Å². The number of hydrogen-bond acceptors (Lipinski definition) is 7. The van der Waals surface area contributed by atoms with Gasteiger partial charge in [0.2, 0.25) is 0 Å². The van der Waals surface area contributed by atoms with Gasteiger partial charge in [-0.1, -0.05) is 0 Å². The van der Waals surface area contributed by atoms with Crippen molar-refractivity contribution in [3.63, 3.8) is 0 Å². The van der Waals surface area contributed by atoms with Crippen molar-refractivity contribution in [3.05, 3.63) is 15.6 Å². The van der Waals surface area contributed by atoms with Crippen molar-refractivity contribution in [2.45, 2.75) is 103 Å². The first kappa shape index (κ1) is 25.1. The second-order valence-corrected chi connectivity index (χ2v) is 12.3. The fourth-order valence-electron chi connectivity index (χ4n) is 5.83. The molecular weight excluding hydrogens is 561 g/mol. The molecule has 5 rings (SSSR count). The van der Waals surface area contributed by atoms with Crippen molar-refractivity contribution in [1.29, 1.82) is 0 Å². The second kappa shape index (κ2) is 9.74. The highest BCUT2D eigenvalue weighted by molar-refractivity contribution is 14.1. The van der Waals surface area contributed by atoms with Crippen molar-refractivity contribution < 1.29 is 19.0 Å². The lowest BCUT2D eigenvalue weighted by Crippen LogP contribution is -2.52. The standard InChI is InChI=1S/C25H36IN5O4/c1-15-20(29-23(32)35-24(2,3)4)25(14-34-15)10-8-16(9-11-25)17-13-27-19-21(26)30-31(22(19)28-17)18-7-5-6-12-33-18/h13,15-16,18,20H,5-12,14H2,1-4H3,(H,29,32)/t15-,16?,18?,20+,25?/m0/s1. The van der Waals surface area contributed by atoms with E-state index in [-0.39, 0.29) is 29.9 Å². The Bertz CT molecular complexity index is 1070. The van der Waals surface area contributed by atoms with Crippen LogP contribution in [0.1, 0.15) is 90.5 Å². The van der Waals surface area contributed by atoms with Crippen LogP contribution in [0.2, 0.25) is 0 Å². The van der Waals surface area contributed by atoms with E-state index in [2.05, 4.69) is 27.9 Å². The minimum absolute atomic E-state index is 0.0397. The van der Waals surface area contributed by atoms with Crippen LogP contribution < -0.4 is 5.32 Å². The highest BCUT2D eigenvalue weighted by Crippen LogP contribution is 2.49. The van der Waals surface area contributed by atoms with Gasteiger partial charge in [-0.15, -0.1) is 0 Å². The van der Waals surface area contributed by atoms with Gasteiger partial charge in [0.15, 0.2) is 15.6 Å². The van der Waals surface area contributed by atoms with Crippen molar-refractivity contribution in [2.75, 3.05) is 13.2 Å². The van der Waals surface area contributed by atoms with Crippen LogP contribution in [-0.4, -0.2) is 56.8 Å². The molecule has 4 heterocycles. The maximum absolute atomic E-state index is 12.5. The number of amides is 1. The minimum Gasteiger partial charge on any atom is -0.444 e. The van der Waals surface area contributed by atoms with Gasteiger partial charge in [0, 0.05) is 24.1 Å². The Morgan fingerprint density at radius 1 is 1.23 bits per heavy atom. The summed E-state index contributed by atoms with van der Waals surface area (Å²) in [6, 6.07) is -0.0571. The fourth-order valence-corrected chi connectivity index (χ4v) is 6.44. The van der Waals surface area contributed by atoms with E-state index in [1.165, 1.54) is 0 Å². The molecule has 2 saturated heterocycles. The number of rotatable bonds is 3. The third-order valence-electron chi connectivity index (χ3n) is 7.64. The normalized spacial score (nSPS) is 31.7. The molecule has 192 valence electrons. The van der Waals surface area contributed by atoms with Crippen molar-refractivity contribution in [3.8, 4) is 0 Å². The first-order valence-corrected chi connectivity index (χ1v) is 13.9. The second-order valence-electron chi connectivity index (χ2n) is 11.3. The molecule has 9 nitrogen and oxygen atoms in total. The number of aromatic nitrogens is 4. The first-order chi connectivity index (χ1) is 16.7. The number of nitrogens with one attached hydrogen (secondary N) is 1. The molecule has 3 aliphatic rings. The summed E-state index contributed by atoms with van der Waals surface area (Å²) in [5, 5.41) is 7.84. The van der Waals surface area contributed by atoms with E-state index in [9.17, 15) is 4.79 Å². The molecule has 3 fully saturated rings. The summed E-state index contributed by atoms with van der Waals surface area (Å²) in [4.78, 5) is 22.4. The zero-order chi connectivity index (χ0) is 24.8. The van der Waals surface area contributed by atoms with Gasteiger partial charge in [0.1, 0.15) is 11.1 Å². The molecule has 1 saturated carbocycles. The molecule has 0 radical (unpaired) electrons. The topological polar surface area (TPSA) is 100 Å². The molecular formula is C25H36IN5O4. The quantitative estimate of drug-likeness (QED) is 0.493. The van der Waals surface area contributed by atoms with E-state index >= 15 is 0 Å². The number of halogens is 1. The molecule has 2 aromatic rings. The van der Waals surface area contributed by atoms with Gasteiger partial charge in [0.05, 0.1) is 24.4 Å². The summed E-state index contributed by atoms with van der Waals surface area (Å²) in [5.41, 5.74) is 2.08. The van der Waals surface area contributed by atoms with Crippen molar-refractivity contribution in [2.24, 2.45) is 5.41 Å². The van der Waals surface area contributed by atoms with E-state index < -0.39 is 5.60 Å². The highest BCUT2D eigenvalue weighted by atomic mass is 127. The average molecular weight is 597 g/mol. The molecule has 0 bridgehead atoms. The number of carbonyl (C=O) groups is 1. The van der Waals surface area contributed by atoms with Gasteiger partial charge in [-0.2, -0.15) is 5.10 Å². The van der Waals surface area contributed by atoms with Gasteiger partial charge in [0.25, 0.3) is 0 Å². The summed E-state index contributed by atoms with van der Waals surface area (Å²) >= 11 is 2.24. The van der Waals surface area contributed by atoms with Crippen LogP contribution in [-0.2, 0) is 14.2 Å². The van der Waals surface area contributed by atoms with E-state index in [4.69, 9.17) is 29.3 Å². The summed E-state index contributed by atoms with van der Waals surface area (Å²) in [6.45, 7) is 9.11. The molecule has 2 aromatic heterocycles. The lowest BCUT2D eigenvalue weighted by atomic mass is 9.66. The Hall–Kier alpha value is -1.53. The van der Waals surface area contributed by atoms with Crippen LogP contribution in [0.25, 0.3) is 11.2 Å². The fraction of sp³-hybridized carbons (Fsp3) is 0.760. The molecule has 2 aliphatic heterocycles. The number of alkyl carbamates (subject to hydrolysis) is 1. The lowest BCUT2D eigenvalue weighted by molar-refractivity contribution is -0.0372. The smallest absolute Gasteiger partial charge is 0.407 e. The summed E-state index contributed by atoms with van der Waals surface area (Å²) in [5.74, 6) is 0.323. The monoisotopic (exact) mass is 597 g/mol. The van der Waals surface area contributed by atoms with Crippen LogP contribution in [0.4, 0.5) is 4.79 Å². The molecule has 1 amide bonds. The highest BCUT2D eigenvalue weighted by Gasteiger charge is 2.51. The van der Waals surface area contributed by atoms with Gasteiger partial charge in [-0.05, 0) is 95.2 Å². The molecule has 3 atom stereocenters. The first-order valence-electron chi connectivity index (χ1n) is 12.8. The number of fused-ring (bicyclic) bond motifs is 1. The molecule has 1 spiro atoms. The molecule has 35 heavy (non-hydrogen) atoms. The minimum atomic E-state index is -0.526. The Balaban J connectivity index is 1.31. The van der Waals surface area contributed by atoms with Crippen LogP contribution >= 0.6 is 22.6 Å².